The summed E-state index contributed by atoms with van der Waals surface area (Å²) in [6, 6.07) is 0. The summed E-state index contributed by atoms with van der Waals surface area (Å²) in [4.78, 5) is 71.1. The van der Waals surface area contributed by atoms with Gasteiger partial charge in [-0.05, 0) is 88.9 Å². The van der Waals surface area contributed by atoms with E-state index in [0.717, 1.165) is 64.2 Å². The van der Waals surface area contributed by atoms with Crippen molar-refractivity contribution in [1.29, 1.82) is 0 Å². The molecular formula is C42H66Cl2F2N14O6. The van der Waals surface area contributed by atoms with E-state index >= 15 is 8.78 Å². The summed E-state index contributed by atoms with van der Waals surface area (Å²) < 4.78 is 30.3. The molecule has 0 radical (unpaired) electrons. The molecule has 8 N–H and O–H groups in total. The summed E-state index contributed by atoms with van der Waals surface area (Å²) in [5.74, 6) is -3.04. The van der Waals surface area contributed by atoms with E-state index < -0.39 is 47.5 Å². The van der Waals surface area contributed by atoms with Crippen molar-refractivity contribution in [2.24, 2.45) is 23.7 Å². The molecule has 0 spiro atoms. The molecule has 6 rings (SSSR count). The summed E-state index contributed by atoms with van der Waals surface area (Å²) in [5.41, 5.74) is 9.88. The van der Waals surface area contributed by atoms with Gasteiger partial charge in [0.2, 0.25) is 34.0 Å². The maximum absolute atomic E-state index is 15.2. The zero-order valence-corrected chi connectivity index (χ0v) is 40.2. The summed E-state index contributed by atoms with van der Waals surface area (Å²) >= 11 is 12.1. The fourth-order valence-corrected chi connectivity index (χ4v) is 9.73. The van der Waals surface area contributed by atoms with Gasteiger partial charge >= 0.3 is 12.2 Å². The molecule has 368 valence electrons. The number of nitrogens with one attached hydrogen (secondary N) is 6. The SMILES string of the molecule is CCC1(N(C)C)CN(c2nc(Cl)nc(NNC(=O)[C@@H](CNC(=O)O)CC3CCCC3)c2F)C1.CCC1(N(C)C)CN(c2nc(Cl)nc(NNC(=O)[C@@H](CNC(=O)O)CC3CCCC3)c2F)C1. The predicted octanol–water partition coefficient (Wildman–Crippen LogP) is 5.41. The summed E-state index contributed by atoms with van der Waals surface area (Å²) in [6.45, 7) is 6.51. The Morgan fingerprint density at radius 2 is 0.985 bits per heavy atom. The number of amides is 4. The van der Waals surface area contributed by atoms with Gasteiger partial charge in [0.1, 0.15) is 0 Å². The minimum Gasteiger partial charge on any atom is -0.465 e. The van der Waals surface area contributed by atoms with E-state index in [1.165, 1.54) is 0 Å². The number of aromatic nitrogens is 4. The van der Waals surface area contributed by atoms with Crippen LogP contribution < -0.4 is 42.1 Å². The van der Waals surface area contributed by atoms with Crippen LogP contribution >= 0.6 is 23.2 Å². The number of hydrogen-bond acceptors (Lipinski definition) is 14. The lowest BCUT2D eigenvalue weighted by atomic mass is 9.85. The number of carboxylic acid groups (broad SMARTS) is 2. The number of nitrogens with zero attached hydrogens (tertiary/aromatic N) is 8. The second kappa shape index (κ2) is 23.3. The molecule has 24 heteroatoms. The molecule has 4 amide bonds. The Balaban J connectivity index is 0.000000247. The average molecular weight is 972 g/mol. The first-order valence-electron chi connectivity index (χ1n) is 22.7. The summed E-state index contributed by atoms with van der Waals surface area (Å²) in [5, 5.41) is 22.1. The molecule has 66 heavy (non-hydrogen) atoms. The fourth-order valence-electron chi connectivity index (χ4n) is 9.41. The van der Waals surface area contributed by atoms with E-state index in [0.29, 0.717) is 50.9 Å². The van der Waals surface area contributed by atoms with Gasteiger partial charge in [0, 0.05) is 39.3 Å². The van der Waals surface area contributed by atoms with Gasteiger partial charge in [-0.15, -0.1) is 0 Å². The van der Waals surface area contributed by atoms with Crippen LogP contribution in [0.25, 0.3) is 0 Å². The van der Waals surface area contributed by atoms with E-state index in [9.17, 15) is 19.2 Å². The van der Waals surface area contributed by atoms with Gasteiger partial charge in [0.15, 0.2) is 23.3 Å². The molecule has 2 aliphatic heterocycles. The quantitative estimate of drug-likeness (QED) is 0.0611. The van der Waals surface area contributed by atoms with Crippen LogP contribution in [0.4, 0.5) is 41.6 Å². The zero-order valence-electron chi connectivity index (χ0n) is 38.7. The molecule has 20 nitrogen and oxygen atoms in total. The third-order valence-corrected chi connectivity index (χ3v) is 14.2. The van der Waals surface area contributed by atoms with Crippen LogP contribution in [0.3, 0.4) is 0 Å². The molecule has 0 aromatic carbocycles. The number of rotatable bonds is 20. The minimum atomic E-state index is -1.19. The topological polar surface area (TPSA) is 245 Å². The molecule has 0 bridgehead atoms. The Hall–Kier alpha value is -4.80. The van der Waals surface area contributed by atoms with Crippen molar-refractivity contribution < 1.29 is 38.2 Å². The monoisotopic (exact) mass is 970 g/mol. The smallest absolute Gasteiger partial charge is 0.404 e. The highest BCUT2D eigenvalue weighted by Crippen LogP contribution is 2.38. The zero-order chi connectivity index (χ0) is 48.3. The Morgan fingerprint density at radius 1 is 0.652 bits per heavy atom. The second-order valence-corrected chi connectivity index (χ2v) is 19.1. The first-order valence-corrected chi connectivity index (χ1v) is 23.4. The van der Waals surface area contributed by atoms with Crippen molar-refractivity contribution in [3.63, 3.8) is 0 Å². The van der Waals surface area contributed by atoms with E-state index in [4.69, 9.17) is 33.4 Å². The summed E-state index contributed by atoms with van der Waals surface area (Å²) in [7, 11) is 7.98. The number of hydrogen-bond donors (Lipinski definition) is 8. The van der Waals surface area contributed by atoms with E-state index in [2.05, 4.69) is 75.9 Å². The maximum atomic E-state index is 15.2. The molecule has 2 atom stereocenters. The molecular weight excluding hydrogens is 905 g/mol. The Labute approximate surface area is 394 Å². The van der Waals surface area contributed by atoms with Crippen molar-refractivity contribution in [3.05, 3.63) is 22.2 Å². The standard InChI is InChI=1S/2C21H33ClFN7O3/c2*1-4-21(29(2)3)11-30(12-21)17-15(23)16(25-19(22)26-17)27-28-18(31)14(10-24-20(32)33)9-13-7-5-6-8-13/h2*13-14,24H,4-12H2,1-3H3,(H,28,31)(H,32,33)(H,25,26,27)/t2*14-/m11/s1. The highest BCUT2D eigenvalue weighted by atomic mass is 35.5. The van der Waals surface area contributed by atoms with Crippen molar-refractivity contribution in [1.82, 2.24) is 51.2 Å². The number of carbonyl (C=O) groups excluding carboxylic acids is 2. The van der Waals surface area contributed by atoms with Gasteiger partial charge < -0.3 is 40.4 Å². The van der Waals surface area contributed by atoms with Crippen molar-refractivity contribution >= 4 is 70.5 Å². The van der Waals surface area contributed by atoms with Crippen LogP contribution in [-0.4, -0.2) is 142 Å². The molecule has 4 heterocycles. The van der Waals surface area contributed by atoms with E-state index in [1.807, 2.05) is 28.2 Å². The van der Waals surface area contributed by atoms with Gasteiger partial charge in [0.05, 0.1) is 22.9 Å². The second-order valence-electron chi connectivity index (χ2n) is 18.4. The normalized spacial score (nSPS) is 18.7. The van der Waals surface area contributed by atoms with Crippen LogP contribution in [0.15, 0.2) is 0 Å². The van der Waals surface area contributed by atoms with Crippen LogP contribution in [0, 0.1) is 35.3 Å². The fraction of sp³-hybridized carbons (Fsp3) is 0.714. The molecule has 2 aliphatic carbocycles. The van der Waals surface area contributed by atoms with Gasteiger partial charge in [-0.3, -0.25) is 31.3 Å². The molecule has 0 unspecified atom stereocenters. The number of likely N-dealkylation sites (N-methyl/N-ethyl adjacent to an activating group) is 2. The van der Waals surface area contributed by atoms with Crippen LogP contribution in [0.1, 0.15) is 90.9 Å². The van der Waals surface area contributed by atoms with E-state index in [-0.39, 0.29) is 58.0 Å². The van der Waals surface area contributed by atoms with Crippen molar-refractivity contribution in [3.8, 4) is 0 Å². The van der Waals surface area contributed by atoms with Gasteiger partial charge in [-0.25, -0.2) is 9.59 Å². The highest BCUT2D eigenvalue weighted by molar-refractivity contribution is 6.28. The molecule has 2 aromatic heterocycles. The largest absolute Gasteiger partial charge is 0.465 e. The first kappa shape index (κ1) is 52.2. The first-order chi connectivity index (χ1) is 31.3. The minimum absolute atomic E-state index is 0.0188. The molecule has 4 fully saturated rings. The van der Waals surface area contributed by atoms with Crippen LogP contribution in [0.2, 0.25) is 10.6 Å². The predicted molar refractivity (Wildman–Crippen MR) is 248 cm³/mol. The van der Waals surface area contributed by atoms with Crippen molar-refractivity contribution in [2.45, 2.75) is 102 Å². The lowest BCUT2D eigenvalue weighted by molar-refractivity contribution is -0.125. The Kier molecular flexibility index (Phi) is 18.4. The lowest BCUT2D eigenvalue weighted by Gasteiger charge is -2.54. The van der Waals surface area contributed by atoms with Gasteiger partial charge in [0.25, 0.3) is 0 Å². The van der Waals surface area contributed by atoms with E-state index in [1.54, 1.807) is 9.80 Å². The maximum Gasteiger partial charge on any atom is 0.404 e. The highest BCUT2D eigenvalue weighted by Gasteiger charge is 2.46. The van der Waals surface area contributed by atoms with Crippen LogP contribution in [-0.2, 0) is 9.59 Å². The number of halogens is 4. The molecule has 2 aromatic rings. The third kappa shape index (κ3) is 13.2. The number of hydrazine groups is 2. The van der Waals surface area contributed by atoms with Crippen LogP contribution in [0.5, 0.6) is 0 Å². The summed E-state index contributed by atoms with van der Waals surface area (Å²) in [6.07, 6.45) is 9.07. The molecule has 2 saturated heterocycles. The number of anilines is 4. The average Bonchev–Trinajstić information content (AvgIpc) is 3.96. The Morgan fingerprint density at radius 3 is 1.27 bits per heavy atom. The molecule has 2 saturated carbocycles. The van der Waals surface area contributed by atoms with Crippen molar-refractivity contribution in [2.75, 3.05) is 88.1 Å². The number of carbonyl (C=O) groups is 4. The third-order valence-electron chi connectivity index (χ3n) is 13.9. The van der Waals surface area contributed by atoms with Gasteiger partial charge in [-0.2, -0.15) is 28.7 Å². The van der Waals surface area contributed by atoms with Gasteiger partial charge in [-0.1, -0.05) is 65.2 Å². The Bertz CT molecular complexity index is 1860. The lowest BCUT2D eigenvalue weighted by Crippen LogP contribution is -2.68. The molecule has 4 aliphatic rings.